The first-order valence-corrected chi connectivity index (χ1v) is 6.96. The summed E-state index contributed by atoms with van der Waals surface area (Å²) in [5.41, 5.74) is 0. The van der Waals surface area contributed by atoms with Crippen LogP contribution in [-0.2, 0) is 0 Å². The fraction of sp³-hybridized carbons (Fsp3) is 0.600. The summed E-state index contributed by atoms with van der Waals surface area (Å²) in [6, 6.07) is 3.06. The highest BCUT2D eigenvalue weighted by Crippen LogP contribution is 2.22. The third-order valence-electron chi connectivity index (χ3n) is 4.27. The number of hydrogen-bond donors (Lipinski definition) is 0. The highest BCUT2D eigenvalue weighted by Gasteiger charge is 2.25. The highest BCUT2D eigenvalue weighted by atomic mass is 19.1. The lowest BCUT2D eigenvalue weighted by Crippen LogP contribution is -2.35. The largest absolute Gasteiger partial charge is 0.343 e. The summed E-state index contributed by atoms with van der Waals surface area (Å²) in [5, 5.41) is 1.93. The van der Waals surface area contributed by atoms with Crippen molar-refractivity contribution in [1.29, 1.82) is 0 Å². The molecule has 1 saturated heterocycles. The molecule has 0 spiro atoms. The van der Waals surface area contributed by atoms with E-state index in [0.717, 1.165) is 30.1 Å². The average molecular weight is 248 g/mol. The van der Waals surface area contributed by atoms with E-state index in [-0.39, 0.29) is 5.83 Å². The number of aromatic nitrogens is 1. The molecule has 1 fully saturated rings. The first kappa shape index (κ1) is 12.0. The van der Waals surface area contributed by atoms with E-state index in [1.54, 1.807) is 0 Å². The van der Waals surface area contributed by atoms with Gasteiger partial charge in [0.25, 0.3) is 0 Å². The zero-order valence-electron chi connectivity index (χ0n) is 11.2. The van der Waals surface area contributed by atoms with Gasteiger partial charge in [-0.3, -0.25) is 4.90 Å². The Morgan fingerprint density at radius 1 is 1.39 bits per heavy atom. The van der Waals surface area contributed by atoms with E-state index in [4.69, 9.17) is 0 Å². The third kappa shape index (κ3) is 1.91. The molecule has 3 heteroatoms. The monoisotopic (exact) mass is 248 g/mol. The van der Waals surface area contributed by atoms with Crippen LogP contribution in [-0.4, -0.2) is 28.6 Å². The lowest BCUT2D eigenvalue weighted by Gasteiger charge is -2.21. The molecule has 2 aliphatic rings. The van der Waals surface area contributed by atoms with E-state index in [0.29, 0.717) is 18.5 Å². The third-order valence-corrected chi connectivity index (χ3v) is 4.27. The number of nitrogens with zero attached hydrogens (tertiary/aromatic N) is 2. The van der Waals surface area contributed by atoms with Crippen LogP contribution in [0.1, 0.15) is 39.2 Å². The van der Waals surface area contributed by atoms with Crippen LogP contribution in [0, 0.1) is 0 Å². The van der Waals surface area contributed by atoms with Crippen molar-refractivity contribution >= 4 is 11.9 Å². The molecule has 3 rings (SSSR count). The maximum Gasteiger partial charge on any atom is 0.110 e. The van der Waals surface area contributed by atoms with Crippen molar-refractivity contribution in [2.45, 2.75) is 45.2 Å². The molecule has 1 aliphatic carbocycles. The van der Waals surface area contributed by atoms with Gasteiger partial charge in [0.05, 0.1) is 0 Å². The van der Waals surface area contributed by atoms with Gasteiger partial charge in [0.2, 0.25) is 0 Å². The van der Waals surface area contributed by atoms with Gasteiger partial charge in [-0.05, 0) is 32.8 Å². The van der Waals surface area contributed by atoms with Crippen LogP contribution in [0.15, 0.2) is 12.3 Å². The minimum Gasteiger partial charge on any atom is -0.343 e. The lowest BCUT2D eigenvalue weighted by atomic mass is 10.1. The van der Waals surface area contributed by atoms with Crippen LogP contribution in [0.25, 0.3) is 11.9 Å². The van der Waals surface area contributed by atoms with E-state index in [1.165, 1.54) is 6.42 Å². The van der Waals surface area contributed by atoms with Crippen molar-refractivity contribution in [3.05, 3.63) is 22.8 Å². The molecule has 0 radical (unpaired) electrons. The SMILES string of the molecule is CC(C)N1CCC(n2ccc3c2=CCCC=3F)C1. The van der Waals surface area contributed by atoms with Gasteiger partial charge in [0, 0.05) is 48.4 Å². The first-order chi connectivity index (χ1) is 8.66. The second-order valence-corrected chi connectivity index (χ2v) is 5.70. The lowest BCUT2D eigenvalue weighted by molar-refractivity contribution is 0.265. The maximum absolute atomic E-state index is 13.8. The van der Waals surface area contributed by atoms with Gasteiger partial charge in [-0.1, -0.05) is 6.08 Å². The standard InChI is InChI=1S/C15H21FN2/c1-11(2)17-8-6-12(10-17)18-9-7-13-14(16)4-3-5-15(13)18/h5,7,9,11-12H,3-4,6,8,10H2,1-2H3. The fourth-order valence-electron chi connectivity index (χ4n) is 3.16. The van der Waals surface area contributed by atoms with Gasteiger partial charge in [-0.15, -0.1) is 0 Å². The Kier molecular flexibility index (Phi) is 3.02. The highest BCUT2D eigenvalue weighted by molar-refractivity contribution is 5.43. The summed E-state index contributed by atoms with van der Waals surface area (Å²) in [4.78, 5) is 2.50. The van der Waals surface area contributed by atoms with Gasteiger partial charge in [0.15, 0.2) is 0 Å². The molecule has 0 amide bonds. The molecule has 1 atom stereocenters. The molecule has 2 heterocycles. The van der Waals surface area contributed by atoms with Gasteiger partial charge >= 0.3 is 0 Å². The van der Waals surface area contributed by atoms with Crippen LogP contribution in [0.3, 0.4) is 0 Å². The molecule has 0 saturated carbocycles. The summed E-state index contributed by atoms with van der Waals surface area (Å²) in [5.74, 6) is 0.0602. The number of likely N-dealkylation sites (tertiary alicyclic amines) is 1. The second kappa shape index (κ2) is 4.54. The Labute approximate surface area is 107 Å². The van der Waals surface area contributed by atoms with Gasteiger partial charge in [-0.25, -0.2) is 4.39 Å². The van der Waals surface area contributed by atoms with E-state index in [9.17, 15) is 4.39 Å². The van der Waals surface area contributed by atoms with Crippen LogP contribution < -0.4 is 10.6 Å². The molecule has 0 bridgehead atoms. The Hall–Kier alpha value is -1.09. The fourth-order valence-corrected chi connectivity index (χ4v) is 3.16. The molecule has 2 nitrogen and oxygen atoms in total. The van der Waals surface area contributed by atoms with Crippen molar-refractivity contribution in [3.63, 3.8) is 0 Å². The minimum atomic E-state index is 0.0602. The molecule has 1 unspecified atom stereocenters. The normalized spacial score (nSPS) is 24.4. The van der Waals surface area contributed by atoms with E-state index in [1.807, 2.05) is 6.07 Å². The van der Waals surface area contributed by atoms with Crippen molar-refractivity contribution in [1.82, 2.24) is 9.47 Å². The summed E-state index contributed by atoms with van der Waals surface area (Å²) >= 11 is 0. The van der Waals surface area contributed by atoms with Crippen LogP contribution in [0.5, 0.6) is 0 Å². The van der Waals surface area contributed by atoms with E-state index in [2.05, 4.69) is 35.6 Å². The number of rotatable bonds is 2. The quantitative estimate of drug-likeness (QED) is 0.775. The molecule has 18 heavy (non-hydrogen) atoms. The molecule has 98 valence electrons. The van der Waals surface area contributed by atoms with E-state index >= 15 is 0 Å². The van der Waals surface area contributed by atoms with Crippen LogP contribution in [0.2, 0.25) is 0 Å². The van der Waals surface area contributed by atoms with Crippen molar-refractivity contribution in [2.24, 2.45) is 0 Å². The number of fused-ring (bicyclic) bond motifs is 1. The van der Waals surface area contributed by atoms with Crippen LogP contribution in [0.4, 0.5) is 4.39 Å². The Bertz CT molecular complexity index is 556. The predicted octanol–water partition coefficient (Wildman–Crippen LogP) is 1.80. The van der Waals surface area contributed by atoms with Crippen molar-refractivity contribution in [3.8, 4) is 0 Å². The van der Waals surface area contributed by atoms with Gasteiger partial charge < -0.3 is 4.57 Å². The summed E-state index contributed by atoms with van der Waals surface area (Å²) < 4.78 is 16.0. The predicted molar refractivity (Wildman–Crippen MR) is 72.3 cm³/mol. The molecule has 1 aromatic heterocycles. The number of hydrogen-bond acceptors (Lipinski definition) is 1. The Morgan fingerprint density at radius 3 is 2.94 bits per heavy atom. The topological polar surface area (TPSA) is 8.17 Å². The molecule has 0 aromatic carbocycles. The van der Waals surface area contributed by atoms with Crippen LogP contribution >= 0.6 is 0 Å². The number of halogens is 1. The summed E-state index contributed by atoms with van der Waals surface area (Å²) in [6.07, 6.45) is 6.84. The zero-order valence-corrected chi connectivity index (χ0v) is 11.2. The van der Waals surface area contributed by atoms with Gasteiger partial charge in [0.1, 0.15) is 5.83 Å². The summed E-state index contributed by atoms with van der Waals surface area (Å²) in [7, 11) is 0. The molecular weight excluding hydrogens is 227 g/mol. The summed E-state index contributed by atoms with van der Waals surface area (Å²) in [6.45, 7) is 6.73. The molecule has 1 aromatic rings. The minimum absolute atomic E-state index is 0.0602. The molecular formula is C15H21FN2. The van der Waals surface area contributed by atoms with Crippen molar-refractivity contribution < 1.29 is 4.39 Å². The second-order valence-electron chi connectivity index (χ2n) is 5.70. The first-order valence-electron chi connectivity index (χ1n) is 6.96. The zero-order chi connectivity index (χ0) is 12.7. The van der Waals surface area contributed by atoms with Gasteiger partial charge in [-0.2, -0.15) is 0 Å². The molecule has 0 N–H and O–H groups in total. The molecule has 1 aliphatic heterocycles. The van der Waals surface area contributed by atoms with Crippen molar-refractivity contribution in [2.75, 3.05) is 13.1 Å². The van der Waals surface area contributed by atoms with E-state index < -0.39 is 0 Å². The Balaban J connectivity index is 1.94. The average Bonchev–Trinajstić information content (AvgIpc) is 2.94. The smallest absolute Gasteiger partial charge is 0.110 e. The Morgan fingerprint density at radius 2 is 2.22 bits per heavy atom. The maximum atomic E-state index is 13.8.